The predicted octanol–water partition coefficient (Wildman–Crippen LogP) is 4.15. The Bertz CT molecular complexity index is 290. The third kappa shape index (κ3) is 3.72. The summed E-state index contributed by atoms with van der Waals surface area (Å²) in [4.78, 5) is 0. The summed E-state index contributed by atoms with van der Waals surface area (Å²) in [5, 5.41) is 11.4. The Hall–Kier alpha value is 0.270. The number of hydrogen-bond acceptors (Lipinski definition) is 3. The molecule has 2 aliphatic carbocycles. The van der Waals surface area contributed by atoms with Crippen LogP contribution in [-0.2, 0) is 4.74 Å². The maximum absolute atomic E-state index is 10.6. The lowest BCUT2D eigenvalue weighted by atomic mass is 9.75. The van der Waals surface area contributed by atoms with Crippen molar-refractivity contribution in [2.75, 3.05) is 12.4 Å². The molecule has 2 saturated carbocycles. The van der Waals surface area contributed by atoms with Crippen molar-refractivity contribution >= 4 is 11.8 Å². The predicted molar refractivity (Wildman–Crippen MR) is 85.2 cm³/mol. The van der Waals surface area contributed by atoms with Crippen molar-refractivity contribution in [2.45, 2.75) is 87.6 Å². The van der Waals surface area contributed by atoms with E-state index in [2.05, 4.69) is 0 Å². The molecule has 2 atom stereocenters. The first-order valence-electron chi connectivity index (χ1n) is 8.71. The van der Waals surface area contributed by atoms with Crippen LogP contribution in [0.3, 0.4) is 0 Å². The number of ether oxygens (including phenoxy) is 1. The molecule has 3 rings (SSSR count). The second kappa shape index (κ2) is 7.02. The molecule has 0 aromatic rings. The average molecular weight is 298 g/mol. The third-order valence-electron chi connectivity index (χ3n) is 5.64. The summed E-state index contributed by atoms with van der Waals surface area (Å²) < 4.78 is 6.15. The highest BCUT2D eigenvalue weighted by Crippen LogP contribution is 2.42. The van der Waals surface area contributed by atoms with Crippen LogP contribution < -0.4 is 0 Å². The molecule has 3 heteroatoms. The smallest absolute Gasteiger partial charge is 0.0686 e. The van der Waals surface area contributed by atoms with Crippen LogP contribution in [-0.4, -0.2) is 34.4 Å². The summed E-state index contributed by atoms with van der Waals surface area (Å²) in [6.07, 6.45) is 14.1. The van der Waals surface area contributed by atoms with E-state index in [0.29, 0.717) is 5.92 Å². The lowest BCUT2D eigenvalue weighted by Gasteiger charge is -2.44. The van der Waals surface area contributed by atoms with E-state index in [1.807, 2.05) is 11.8 Å². The zero-order valence-electron chi connectivity index (χ0n) is 12.7. The molecule has 0 aromatic heterocycles. The molecule has 20 heavy (non-hydrogen) atoms. The fourth-order valence-corrected chi connectivity index (χ4v) is 5.77. The maximum Gasteiger partial charge on any atom is 0.0686 e. The van der Waals surface area contributed by atoms with Gasteiger partial charge >= 0.3 is 0 Å². The summed E-state index contributed by atoms with van der Waals surface area (Å²) in [6.45, 7) is 0.871. The second-order valence-corrected chi connectivity index (χ2v) is 8.49. The van der Waals surface area contributed by atoms with Gasteiger partial charge in [0.25, 0.3) is 0 Å². The molecule has 3 fully saturated rings. The van der Waals surface area contributed by atoms with Gasteiger partial charge in [0.05, 0.1) is 11.7 Å². The minimum absolute atomic E-state index is 0.108. The van der Waals surface area contributed by atoms with E-state index in [0.717, 1.165) is 30.5 Å². The van der Waals surface area contributed by atoms with Gasteiger partial charge in [-0.3, -0.25) is 0 Å². The lowest BCUT2D eigenvalue weighted by molar-refractivity contribution is -0.131. The van der Waals surface area contributed by atoms with Gasteiger partial charge in [-0.25, -0.2) is 0 Å². The van der Waals surface area contributed by atoms with E-state index in [9.17, 15) is 5.11 Å². The second-order valence-electron chi connectivity index (χ2n) is 7.15. The quantitative estimate of drug-likeness (QED) is 0.845. The normalized spacial score (nSPS) is 32.5. The molecule has 2 unspecified atom stereocenters. The van der Waals surface area contributed by atoms with Crippen LogP contribution in [0.2, 0.25) is 0 Å². The fourth-order valence-electron chi connectivity index (χ4n) is 4.36. The van der Waals surface area contributed by atoms with Crippen LogP contribution in [0.5, 0.6) is 0 Å². The number of aliphatic hydroxyl groups excluding tert-OH is 1. The fraction of sp³-hybridized carbons (Fsp3) is 1.00. The number of thioether (sulfide) groups is 1. The Labute approximate surface area is 128 Å². The molecule has 2 nitrogen and oxygen atoms in total. The summed E-state index contributed by atoms with van der Waals surface area (Å²) in [5.74, 6) is 1.43. The first kappa shape index (κ1) is 15.2. The molecular weight excluding hydrogens is 268 g/mol. The maximum atomic E-state index is 10.6. The van der Waals surface area contributed by atoms with Crippen molar-refractivity contribution in [3.8, 4) is 0 Å². The summed E-state index contributed by atoms with van der Waals surface area (Å²) in [5.41, 5.74) is 0.139. The molecular formula is C17H30O2S. The molecule has 0 aromatic carbocycles. The Balaban J connectivity index is 1.47. The minimum Gasteiger partial charge on any atom is -0.392 e. The summed E-state index contributed by atoms with van der Waals surface area (Å²) in [6, 6.07) is 0. The topological polar surface area (TPSA) is 29.5 Å². The molecule has 1 aliphatic heterocycles. The minimum atomic E-state index is -0.108. The van der Waals surface area contributed by atoms with E-state index < -0.39 is 0 Å². The van der Waals surface area contributed by atoms with Gasteiger partial charge in [0, 0.05) is 17.6 Å². The molecule has 1 heterocycles. The first-order chi connectivity index (χ1) is 9.77. The SMILES string of the molecule is OC(CSC1CCCC1)C1CCOC2(CCCCC2)C1. The number of hydrogen-bond donors (Lipinski definition) is 1. The highest BCUT2D eigenvalue weighted by molar-refractivity contribution is 7.99. The Kier molecular flexibility index (Phi) is 5.33. The van der Waals surface area contributed by atoms with Gasteiger partial charge in [-0.1, -0.05) is 32.1 Å². The van der Waals surface area contributed by atoms with Crippen LogP contribution in [0.25, 0.3) is 0 Å². The molecule has 0 bridgehead atoms. The van der Waals surface area contributed by atoms with Crippen LogP contribution in [0.15, 0.2) is 0 Å². The standard InChI is InChI=1S/C17H30O2S/c18-16(13-20-15-6-2-3-7-15)14-8-11-19-17(12-14)9-4-1-5-10-17/h14-16,18H,1-13H2. The van der Waals surface area contributed by atoms with Crippen LogP contribution in [0.1, 0.15) is 70.6 Å². The van der Waals surface area contributed by atoms with Crippen molar-refractivity contribution < 1.29 is 9.84 Å². The Morgan fingerprint density at radius 2 is 1.80 bits per heavy atom. The van der Waals surface area contributed by atoms with E-state index >= 15 is 0 Å². The largest absolute Gasteiger partial charge is 0.392 e. The average Bonchev–Trinajstić information content (AvgIpc) is 2.99. The Morgan fingerprint density at radius 1 is 1.05 bits per heavy atom. The molecule has 1 N–H and O–H groups in total. The van der Waals surface area contributed by atoms with Gasteiger partial charge in [-0.05, 0) is 44.4 Å². The molecule has 3 aliphatic rings. The Morgan fingerprint density at radius 3 is 2.55 bits per heavy atom. The molecule has 1 saturated heterocycles. The van der Waals surface area contributed by atoms with Gasteiger partial charge in [0.2, 0.25) is 0 Å². The highest BCUT2D eigenvalue weighted by Gasteiger charge is 2.40. The summed E-state index contributed by atoms with van der Waals surface area (Å²) in [7, 11) is 0. The van der Waals surface area contributed by atoms with Gasteiger partial charge < -0.3 is 9.84 Å². The lowest BCUT2D eigenvalue weighted by Crippen LogP contribution is -2.44. The summed E-state index contributed by atoms with van der Waals surface area (Å²) >= 11 is 2.03. The monoisotopic (exact) mass is 298 g/mol. The van der Waals surface area contributed by atoms with E-state index in [4.69, 9.17) is 4.74 Å². The van der Waals surface area contributed by atoms with Gasteiger partial charge in [-0.2, -0.15) is 11.8 Å². The molecule has 116 valence electrons. The van der Waals surface area contributed by atoms with Crippen molar-refractivity contribution in [1.29, 1.82) is 0 Å². The first-order valence-corrected chi connectivity index (χ1v) is 9.76. The van der Waals surface area contributed by atoms with Crippen molar-refractivity contribution in [1.82, 2.24) is 0 Å². The van der Waals surface area contributed by atoms with Gasteiger partial charge in [-0.15, -0.1) is 0 Å². The molecule has 0 radical (unpaired) electrons. The van der Waals surface area contributed by atoms with Gasteiger partial charge in [0.1, 0.15) is 0 Å². The van der Waals surface area contributed by atoms with E-state index in [1.165, 1.54) is 57.8 Å². The number of rotatable bonds is 4. The highest BCUT2D eigenvalue weighted by atomic mass is 32.2. The van der Waals surface area contributed by atoms with E-state index in [-0.39, 0.29) is 11.7 Å². The zero-order chi connectivity index (χ0) is 13.8. The number of aliphatic hydroxyl groups is 1. The van der Waals surface area contributed by atoms with Gasteiger partial charge in [0.15, 0.2) is 0 Å². The third-order valence-corrected chi connectivity index (χ3v) is 7.12. The molecule has 1 spiro atoms. The van der Waals surface area contributed by atoms with Crippen LogP contribution in [0.4, 0.5) is 0 Å². The van der Waals surface area contributed by atoms with Crippen molar-refractivity contribution in [3.05, 3.63) is 0 Å². The van der Waals surface area contributed by atoms with Crippen molar-refractivity contribution in [2.24, 2.45) is 5.92 Å². The van der Waals surface area contributed by atoms with E-state index in [1.54, 1.807) is 0 Å². The molecule has 0 amide bonds. The van der Waals surface area contributed by atoms with Crippen LogP contribution >= 0.6 is 11.8 Å². The van der Waals surface area contributed by atoms with Crippen LogP contribution in [0, 0.1) is 5.92 Å². The zero-order valence-corrected chi connectivity index (χ0v) is 13.5. The van der Waals surface area contributed by atoms with Crippen molar-refractivity contribution in [3.63, 3.8) is 0 Å².